The van der Waals surface area contributed by atoms with Gasteiger partial charge in [0.1, 0.15) is 18.0 Å². The van der Waals surface area contributed by atoms with Crippen LogP contribution in [0.1, 0.15) is 15.2 Å². The molecule has 1 aliphatic rings. The molecule has 0 saturated carbocycles. The highest BCUT2D eigenvalue weighted by molar-refractivity contribution is 7.21. The van der Waals surface area contributed by atoms with Gasteiger partial charge in [-0.05, 0) is 30.7 Å². The molecule has 0 fully saturated rings. The summed E-state index contributed by atoms with van der Waals surface area (Å²) in [5, 5.41) is 5.66. The van der Waals surface area contributed by atoms with Gasteiger partial charge in [-0.3, -0.25) is 14.9 Å². The van der Waals surface area contributed by atoms with Crippen molar-refractivity contribution in [1.29, 1.82) is 0 Å². The van der Waals surface area contributed by atoms with Crippen LogP contribution in [0.4, 0.5) is 5.13 Å². The molecule has 8 nitrogen and oxygen atoms in total. The lowest BCUT2D eigenvalue weighted by Crippen LogP contribution is -2.17. The van der Waals surface area contributed by atoms with E-state index in [2.05, 4.69) is 15.3 Å². The molecule has 4 aromatic rings. The number of hydrogen-bond donors (Lipinski definition) is 1. The van der Waals surface area contributed by atoms with Crippen molar-refractivity contribution in [3.05, 3.63) is 50.7 Å². The molecule has 1 aliphatic heterocycles. The molecule has 4 heterocycles. The normalized spacial score (nSPS) is 12.9. The lowest BCUT2D eigenvalue weighted by molar-refractivity contribution is 0.103. The number of amides is 1. The zero-order valence-electron chi connectivity index (χ0n) is 16.1. The second-order valence-corrected chi connectivity index (χ2v) is 8.60. The zero-order valence-corrected chi connectivity index (χ0v) is 17.7. The first kappa shape index (κ1) is 18.8. The Morgan fingerprint density at radius 3 is 2.87 bits per heavy atom. The third-order valence-electron chi connectivity index (χ3n) is 4.78. The maximum absolute atomic E-state index is 12.8. The summed E-state index contributed by atoms with van der Waals surface area (Å²) in [6.45, 7) is 2.82. The summed E-state index contributed by atoms with van der Waals surface area (Å²) >= 11 is 2.53. The van der Waals surface area contributed by atoms with E-state index < -0.39 is 0 Å². The number of fused-ring (bicyclic) bond motifs is 2. The van der Waals surface area contributed by atoms with E-state index in [-0.39, 0.29) is 11.5 Å². The van der Waals surface area contributed by atoms with Gasteiger partial charge in [-0.15, -0.1) is 22.7 Å². The first-order valence-corrected chi connectivity index (χ1v) is 10.8. The minimum absolute atomic E-state index is 0.164. The summed E-state index contributed by atoms with van der Waals surface area (Å²) in [7, 11) is 1.64. The van der Waals surface area contributed by atoms with Gasteiger partial charge < -0.3 is 14.0 Å². The van der Waals surface area contributed by atoms with Gasteiger partial charge in [-0.1, -0.05) is 0 Å². The Bertz CT molecular complexity index is 1350. The van der Waals surface area contributed by atoms with Gasteiger partial charge in [-0.2, -0.15) is 0 Å². The number of hydrogen-bond acceptors (Lipinski definition) is 8. The lowest BCUT2D eigenvalue weighted by atomic mass is 10.1. The number of aryl methyl sites for hydroxylation is 2. The van der Waals surface area contributed by atoms with Crippen LogP contribution in [-0.2, 0) is 7.05 Å². The van der Waals surface area contributed by atoms with Gasteiger partial charge >= 0.3 is 0 Å². The summed E-state index contributed by atoms with van der Waals surface area (Å²) in [6, 6.07) is 5.65. The van der Waals surface area contributed by atoms with E-state index in [0.29, 0.717) is 50.5 Å². The number of ether oxygens (including phenoxy) is 2. The molecule has 0 aliphatic carbocycles. The molecular formula is C20H16N4O4S2. The largest absolute Gasteiger partial charge is 0.486 e. The van der Waals surface area contributed by atoms with Crippen molar-refractivity contribution in [2.24, 2.45) is 7.05 Å². The minimum Gasteiger partial charge on any atom is -0.486 e. The molecule has 3 aromatic heterocycles. The quantitative estimate of drug-likeness (QED) is 0.524. The maximum Gasteiger partial charge on any atom is 0.267 e. The van der Waals surface area contributed by atoms with E-state index in [1.165, 1.54) is 33.6 Å². The maximum atomic E-state index is 12.8. The Balaban J connectivity index is 1.41. The average molecular weight is 441 g/mol. The van der Waals surface area contributed by atoms with E-state index in [9.17, 15) is 9.59 Å². The molecule has 152 valence electrons. The van der Waals surface area contributed by atoms with E-state index >= 15 is 0 Å². The number of benzene rings is 1. The van der Waals surface area contributed by atoms with Crippen LogP contribution in [0.3, 0.4) is 0 Å². The lowest BCUT2D eigenvalue weighted by Gasteiger charge is -2.18. The van der Waals surface area contributed by atoms with Gasteiger partial charge in [0.15, 0.2) is 16.6 Å². The summed E-state index contributed by atoms with van der Waals surface area (Å²) in [4.78, 5) is 35.0. The highest BCUT2D eigenvalue weighted by Gasteiger charge is 2.20. The Morgan fingerprint density at radius 1 is 1.23 bits per heavy atom. The first-order chi connectivity index (χ1) is 14.5. The highest BCUT2D eigenvalue weighted by Crippen LogP contribution is 2.35. The smallest absolute Gasteiger partial charge is 0.267 e. The first-order valence-electron chi connectivity index (χ1n) is 9.13. The van der Waals surface area contributed by atoms with Crippen molar-refractivity contribution in [2.45, 2.75) is 6.92 Å². The van der Waals surface area contributed by atoms with Crippen molar-refractivity contribution in [3.8, 4) is 22.8 Å². The van der Waals surface area contributed by atoms with Crippen molar-refractivity contribution >= 4 is 43.9 Å². The molecule has 30 heavy (non-hydrogen) atoms. The Morgan fingerprint density at radius 2 is 2.03 bits per heavy atom. The molecule has 0 atom stereocenters. The molecule has 0 radical (unpaired) electrons. The minimum atomic E-state index is -0.305. The Hall–Kier alpha value is -3.24. The number of anilines is 1. The molecule has 0 spiro atoms. The molecule has 10 heteroatoms. The van der Waals surface area contributed by atoms with Crippen LogP contribution in [0, 0.1) is 6.92 Å². The fraction of sp³-hybridized carbons (Fsp3) is 0.200. The second-order valence-electron chi connectivity index (χ2n) is 6.75. The number of nitrogens with zero attached hydrogens (tertiary/aromatic N) is 3. The van der Waals surface area contributed by atoms with Crippen LogP contribution < -0.4 is 20.3 Å². The van der Waals surface area contributed by atoms with Crippen LogP contribution in [0.25, 0.3) is 21.5 Å². The third-order valence-corrected chi connectivity index (χ3v) is 6.74. The predicted octanol–water partition coefficient (Wildman–Crippen LogP) is 3.45. The van der Waals surface area contributed by atoms with Crippen LogP contribution in [-0.4, -0.2) is 33.7 Å². The Labute approximate surface area is 178 Å². The van der Waals surface area contributed by atoms with E-state index in [1.807, 2.05) is 23.6 Å². The highest BCUT2D eigenvalue weighted by atomic mass is 32.1. The van der Waals surface area contributed by atoms with Crippen LogP contribution in [0.5, 0.6) is 11.5 Å². The number of carbonyl (C=O) groups is 1. The van der Waals surface area contributed by atoms with Gasteiger partial charge in [-0.25, -0.2) is 9.97 Å². The summed E-state index contributed by atoms with van der Waals surface area (Å²) in [5.74, 6) is 1.10. The SMILES string of the molecule is Cc1c(C(=O)Nc2nc(-c3ccc4c(c3)OCCO4)cs2)sc2ncn(C)c(=O)c12. The third kappa shape index (κ3) is 3.14. The van der Waals surface area contributed by atoms with Gasteiger partial charge in [0, 0.05) is 18.0 Å². The van der Waals surface area contributed by atoms with Crippen molar-refractivity contribution in [1.82, 2.24) is 14.5 Å². The molecular weight excluding hydrogens is 424 g/mol. The summed E-state index contributed by atoms with van der Waals surface area (Å²) in [6.07, 6.45) is 1.46. The van der Waals surface area contributed by atoms with E-state index in [0.717, 1.165) is 11.3 Å². The van der Waals surface area contributed by atoms with Crippen LogP contribution in [0.15, 0.2) is 34.7 Å². The van der Waals surface area contributed by atoms with Crippen molar-refractivity contribution in [2.75, 3.05) is 18.5 Å². The van der Waals surface area contributed by atoms with Gasteiger partial charge in [0.05, 0.1) is 22.3 Å². The number of thiophene rings is 1. The predicted molar refractivity (Wildman–Crippen MR) is 116 cm³/mol. The topological polar surface area (TPSA) is 95.3 Å². The van der Waals surface area contributed by atoms with E-state index in [1.54, 1.807) is 14.0 Å². The van der Waals surface area contributed by atoms with Crippen molar-refractivity contribution in [3.63, 3.8) is 0 Å². The van der Waals surface area contributed by atoms with Crippen molar-refractivity contribution < 1.29 is 14.3 Å². The molecule has 0 saturated heterocycles. The van der Waals surface area contributed by atoms with Gasteiger partial charge in [0.2, 0.25) is 0 Å². The molecule has 1 aromatic carbocycles. The fourth-order valence-corrected chi connectivity index (χ4v) is 5.00. The molecule has 0 unspecified atom stereocenters. The average Bonchev–Trinajstić information content (AvgIpc) is 3.35. The number of nitrogens with one attached hydrogen (secondary N) is 1. The zero-order chi connectivity index (χ0) is 20.8. The van der Waals surface area contributed by atoms with Crippen LogP contribution in [0.2, 0.25) is 0 Å². The second kappa shape index (κ2) is 7.22. The number of thiazole rings is 1. The van der Waals surface area contributed by atoms with E-state index in [4.69, 9.17) is 9.47 Å². The van der Waals surface area contributed by atoms with Crippen LogP contribution >= 0.6 is 22.7 Å². The fourth-order valence-electron chi connectivity index (χ4n) is 3.25. The molecule has 1 amide bonds. The molecule has 5 rings (SSSR count). The monoisotopic (exact) mass is 440 g/mol. The summed E-state index contributed by atoms with van der Waals surface area (Å²) < 4.78 is 12.6. The Kier molecular flexibility index (Phi) is 4.52. The molecule has 1 N–H and O–H groups in total. The van der Waals surface area contributed by atoms with Gasteiger partial charge in [0.25, 0.3) is 11.5 Å². The number of rotatable bonds is 3. The number of aromatic nitrogens is 3. The number of carbonyl (C=O) groups excluding carboxylic acids is 1. The molecule has 0 bridgehead atoms. The summed E-state index contributed by atoms with van der Waals surface area (Å²) in [5.41, 5.74) is 2.07. The standard InChI is InChI=1S/C20H16N4O4S2/c1-10-15-18(21-9-24(2)19(15)26)30-16(10)17(25)23-20-22-12(8-29-20)11-3-4-13-14(7-11)28-6-5-27-13/h3-4,7-9H,5-6H2,1-2H3,(H,22,23,25).